The van der Waals surface area contributed by atoms with Crippen molar-refractivity contribution >= 4 is 5.82 Å². The molecule has 0 radical (unpaired) electrons. The van der Waals surface area contributed by atoms with Crippen LogP contribution in [0.25, 0.3) is 0 Å². The van der Waals surface area contributed by atoms with Crippen LogP contribution < -0.4 is 5.32 Å². The monoisotopic (exact) mass is 231 g/mol. The summed E-state index contributed by atoms with van der Waals surface area (Å²) in [5.74, 6) is 3.47. The van der Waals surface area contributed by atoms with E-state index in [4.69, 9.17) is 9.97 Å². The Labute approximate surface area is 103 Å². The standard InChI is InChI=1S/C14H21N3/c1-2-15-13-9-12(10-7-8-10)16-14(17-13)11-5-3-4-6-11/h9-11H,2-8H2,1H3,(H,15,16,17). The number of nitrogens with one attached hydrogen (secondary N) is 1. The molecule has 1 aromatic rings. The van der Waals surface area contributed by atoms with E-state index in [2.05, 4.69) is 18.3 Å². The second-order valence-electron chi connectivity index (χ2n) is 5.32. The van der Waals surface area contributed by atoms with Gasteiger partial charge in [0.25, 0.3) is 0 Å². The molecule has 0 bridgehead atoms. The zero-order chi connectivity index (χ0) is 11.7. The lowest BCUT2D eigenvalue weighted by molar-refractivity contribution is 0.661. The fourth-order valence-corrected chi connectivity index (χ4v) is 2.71. The van der Waals surface area contributed by atoms with Gasteiger partial charge in [-0.3, -0.25) is 0 Å². The molecule has 2 saturated carbocycles. The minimum absolute atomic E-state index is 0.617. The van der Waals surface area contributed by atoms with Crippen molar-refractivity contribution in [3.05, 3.63) is 17.6 Å². The largest absolute Gasteiger partial charge is 0.370 e. The quantitative estimate of drug-likeness (QED) is 0.862. The second kappa shape index (κ2) is 4.63. The number of rotatable bonds is 4. The van der Waals surface area contributed by atoms with Crippen molar-refractivity contribution in [2.24, 2.45) is 0 Å². The molecule has 2 aliphatic carbocycles. The van der Waals surface area contributed by atoms with Crippen molar-refractivity contribution in [2.75, 3.05) is 11.9 Å². The number of hydrogen-bond acceptors (Lipinski definition) is 3. The first-order valence-corrected chi connectivity index (χ1v) is 6.99. The molecule has 2 fully saturated rings. The third-order valence-corrected chi connectivity index (χ3v) is 3.84. The molecular weight excluding hydrogens is 210 g/mol. The average Bonchev–Trinajstić information content (AvgIpc) is 3.05. The highest BCUT2D eigenvalue weighted by molar-refractivity contribution is 5.38. The fourth-order valence-electron chi connectivity index (χ4n) is 2.71. The molecule has 0 aliphatic heterocycles. The predicted octanol–water partition coefficient (Wildman–Crippen LogP) is 3.44. The molecule has 1 heterocycles. The summed E-state index contributed by atoms with van der Waals surface area (Å²) in [6, 6.07) is 2.15. The highest BCUT2D eigenvalue weighted by atomic mass is 15.0. The summed E-state index contributed by atoms with van der Waals surface area (Å²) < 4.78 is 0. The lowest BCUT2D eigenvalue weighted by Crippen LogP contribution is -2.08. The maximum Gasteiger partial charge on any atom is 0.134 e. The molecule has 17 heavy (non-hydrogen) atoms. The summed E-state index contributed by atoms with van der Waals surface area (Å²) in [6.45, 7) is 3.05. The van der Waals surface area contributed by atoms with Crippen LogP contribution in [0.2, 0.25) is 0 Å². The second-order valence-corrected chi connectivity index (χ2v) is 5.32. The van der Waals surface area contributed by atoms with Crippen molar-refractivity contribution in [1.82, 2.24) is 9.97 Å². The summed E-state index contributed by atoms with van der Waals surface area (Å²) in [5, 5.41) is 3.34. The van der Waals surface area contributed by atoms with E-state index >= 15 is 0 Å². The Hall–Kier alpha value is -1.12. The molecular formula is C14H21N3. The Balaban J connectivity index is 1.89. The Morgan fingerprint density at radius 3 is 2.53 bits per heavy atom. The Morgan fingerprint density at radius 2 is 1.88 bits per heavy atom. The van der Waals surface area contributed by atoms with E-state index < -0.39 is 0 Å². The third kappa shape index (κ3) is 2.43. The minimum Gasteiger partial charge on any atom is -0.370 e. The number of nitrogens with zero attached hydrogens (tertiary/aromatic N) is 2. The van der Waals surface area contributed by atoms with E-state index in [-0.39, 0.29) is 0 Å². The van der Waals surface area contributed by atoms with E-state index in [1.165, 1.54) is 44.2 Å². The van der Waals surface area contributed by atoms with Crippen LogP contribution in [0.4, 0.5) is 5.82 Å². The van der Waals surface area contributed by atoms with Crippen molar-refractivity contribution in [1.29, 1.82) is 0 Å². The first kappa shape index (κ1) is 11.0. The summed E-state index contributed by atoms with van der Waals surface area (Å²) in [5.41, 5.74) is 1.28. The van der Waals surface area contributed by atoms with E-state index in [9.17, 15) is 0 Å². The molecule has 2 aliphatic rings. The van der Waals surface area contributed by atoms with E-state index in [1.807, 2.05) is 0 Å². The van der Waals surface area contributed by atoms with Crippen LogP contribution >= 0.6 is 0 Å². The van der Waals surface area contributed by atoms with Gasteiger partial charge in [0.2, 0.25) is 0 Å². The lowest BCUT2D eigenvalue weighted by atomic mass is 10.1. The summed E-state index contributed by atoms with van der Waals surface area (Å²) in [7, 11) is 0. The topological polar surface area (TPSA) is 37.8 Å². The van der Waals surface area contributed by atoms with Crippen LogP contribution in [0.5, 0.6) is 0 Å². The molecule has 0 spiro atoms. The number of anilines is 1. The SMILES string of the molecule is CCNc1cc(C2CC2)nc(C2CCCC2)n1. The maximum absolute atomic E-state index is 4.81. The van der Waals surface area contributed by atoms with Gasteiger partial charge in [-0.2, -0.15) is 0 Å². The lowest BCUT2D eigenvalue weighted by Gasteiger charge is -2.12. The average molecular weight is 231 g/mol. The minimum atomic E-state index is 0.617. The molecule has 0 atom stereocenters. The molecule has 0 unspecified atom stereocenters. The van der Waals surface area contributed by atoms with Gasteiger partial charge in [-0.1, -0.05) is 12.8 Å². The van der Waals surface area contributed by atoms with Crippen molar-refractivity contribution in [3.8, 4) is 0 Å². The molecule has 3 rings (SSSR count). The van der Waals surface area contributed by atoms with Gasteiger partial charge >= 0.3 is 0 Å². The molecule has 0 aromatic carbocycles. The van der Waals surface area contributed by atoms with Crippen LogP contribution in [0.3, 0.4) is 0 Å². The van der Waals surface area contributed by atoms with E-state index in [1.54, 1.807) is 0 Å². The fraction of sp³-hybridized carbons (Fsp3) is 0.714. The Kier molecular flexibility index (Phi) is 3.00. The van der Waals surface area contributed by atoms with E-state index in [0.717, 1.165) is 24.1 Å². The normalized spacial score (nSPS) is 20.8. The summed E-state index contributed by atoms with van der Waals surface area (Å²) in [4.78, 5) is 9.50. The van der Waals surface area contributed by atoms with Gasteiger partial charge < -0.3 is 5.32 Å². The Morgan fingerprint density at radius 1 is 1.12 bits per heavy atom. The van der Waals surface area contributed by atoms with Gasteiger partial charge in [0.05, 0.1) is 0 Å². The van der Waals surface area contributed by atoms with Gasteiger partial charge in [0.15, 0.2) is 0 Å². The van der Waals surface area contributed by atoms with Crippen LogP contribution in [-0.2, 0) is 0 Å². The highest BCUT2D eigenvalue weighted by Crippen LogP contribution is 2.41. The van der Waals surface area contributed by atoms with Crippen molar-refractivity contribution < 1.29 is 0 Å². The summed E-state index contributed by atoms with van der Waals surface area (Å²) in [6.07, 6.45) is 7.87. The van der Waals surface area contributed by atoms with Crippen LogP contribution in [-0.4, -0.2) is 16.5 Å². The highest BCUT2D eigenvalue weighted by Gasteiger charge is 2.28. The third-order valence-electron chi connectivity index (χ3n) is 3.84. The molecule has 0 amide bonds. The molecule has 3 nitrogen and oxygen atoms in total. The first-order valence-electron chi connectivity index (χ1n) is 6.99. The van der Waals surface area contributed by atoms with Crippen LogP contribution in [0.1, 0.15) is 68.8 Å². The van der Waals surface area contributed by atoms with Crippen LogP contribution in [0.15, 0.2) is 6.07 Å². The maximum atomic E-state index is 4.81. The zero-order valence-electron chi connectivity index (χ0n) is 10.6. The molecule has 1 N–H and O–H groups in total. The molecule has 92 valence electrons. The number of aromatic nitrogens is 2. The molecule has 0 saturated heterocycles. The zero-order valence-corrected chi connectivity index (χ0v) is 10.6. The van der Waals surface area contributed by atoms with Gasteiger partial charge in [-0.15, -0.1) is 0 Å². The summed E-state index contributed by atoms with van der Waals surface area (Å²) >= 11 is 0. The smallest absolute Gasteiger partial charge is 0.134 e. The first-order chi connectivity index (χ1) is 8.36. The van der Waals surface area contributed by atoms with Crippen molar-refractivity contribution in [3.63, 3.8) is 0 Å². The predicted molar refractivity (Wildman–Crippen MR) is 69.4 cm³/mol. The van der Waals surface area contributed by atoms with Gasteiger partial charge in [-0.25, -0.2) is 9.97 Å². The molecule has 3 heteroatoms. The van der Waals surface area contributed by atoms with Gasteiger partial charge in [0, 0.05) is 30.1 Å². The molecule has 1 aromatic heterocycles. The van der Waals surface area contributed by atoms with Crippen molar-refractivity contribution in [2.45, 2.75) is 57.3 Å². The number of hydrogen-bond donors (Lipinski definition) is 1. The van der Waals surface area contributed by atoms with Gasteiger partial charge in [0.1, 0.15) is 11.6 Å². The van der Waals surface area contributed by atoms with Gasteiger partial charge in [-0.05, 0) is 32.6 Å². The van der Waals surface area contributed by atoms with E-state index in [0.29, 0.717) is 5.92 Å². The Bertz CT molecular complexity index is 392. The van der Waals surface area contributed by atoms with Crippen LogP contribution in [0, 0.1) is 0 Å².